The van der Waals surface area contributed by atoms with Crippen LogP contribution < -0.4 is 5.32 Å². The standard InChI is InChI=1S/C23H28N2O3S/c1-16-4-7-21(14-17(16)2)29-20-8-5-19(6-9-20)24-22(26)15-25-12-10-18(11-13-25)23(27)28-3/h4-9,14,18H,10-13,15H2,1-3H3,(H,24,26). The predicted molar refractivity (Wildman–Crippen MR) is 116 cm³/mol. The highest BCUT2D eigenvalue weighted by Crippen LogP contribution is 2.29. The van der Waals surface area contributed by atoms with Crippen LogP contribution in [-0.4, -0.2) is 43.5 Å². The van der Waals surface area contributed by atoms with Crippen molar-refractivity contribution in [2.24, 2.45) is 5.92 Å². The Balaban J connectivity index is 1.47. The molecule has 1 N–H and O–H groups in total. The predicted octanol–water partition coefficient (Wildman–Crippen LogP) is 4.28. The van der Waals surface area contributed by atoms with E-state index in [1.165, 1.54) is 23.1 Å². The minimum atomic E-state index is -0.146. The van der Waals surface area contributed by atoms with Gasteiger partial charge in [0, 0.05) is 15.5 Å². The van der Waals surface area contributed by atoms with Gasteiger partial charge in [0.05, 0.1) is 19.6 Å². The lowest BCUT2D eigenvalue weighted by molar-refractivity contribution is -0.147. The van der Waals surface area contributed by atoms with Crippen LogP contribution in [-0.2, 0) is 14.3 Å². The molecule has 0 aliphatic carbocycles. The second-order valence-corrected chi connectivity index (χ2v) is 8.64. The number of nitrogens with one attached hydrogen (secondary N) is 1. The van der Waals surface area contributed by atoms with E-state index < -0.39 is 0 Å². The van der Waals surface area contributed by atoms with Gasteiger partial charge >= 0.3 is 5.97 Å². The van der Waals surface area contributed by atoms with Crippen molar-refractivity contribution in [1.82, 2.24) is 4.90 Å². The Morgan fingerprint density at radius 2 is 1.69 bits per heavy atom. The van der Waals surface area contributed by atoms with Gasteiger partial charge in [-0.2, -0.15) is 0 Å². The van der Waals surface area contributed by atoms with Gasteiger partial charge in [0.15, 0.2) is 0 Å². The van der Waals surface area contributed by atoms with Crippen molar-refractivity contribution in [2.75, 3.05) is 32.1 Å². The highest BCUT2D eigenvalue weighted by molar-refractivity contribution is 7.99. The summed E-state index contributed by atoms with van der Waals surface area (Å²) in [6.07, 6.45) is 1.48. The number of esters is 1. The van der Waals surface area contributed by atoms with E-state index in [1.54, 1.807) is 11.8 Å². The number of carbonyl (C=O) groups is 2. The van der Waals surface area contributed by atoms with Gasteiger partial charge in [-0.25, -0.2) is 0 Å². The van der Waals surface area contributed by atoms with Gasteiger partial charge in [0.2, 0.25) is 5.91 Å². The van der Waals surface area contributed by atoms with E-state index in [1.807, 2.05) is 24.3 Å². The van der Waals surface area contributed by atoms with Gasteiger partial charge in [-0.05, 0) is 87.3 Å². The van der Waals surface area contributed by atoms with Gasteiger partial charge in [0.1, 0.15) is 0 Å². The summed E-state index contributed by atoms with van der Waals surface area (Å²) in [5.41, 5.74) is 3.38. The fourth-order valence-electron chi connectivity index (χ4n) is 3.42. The number of hydrogen-bond acceptors (Lipinski definition) is 5. The monoisotopic (exact) mass is 412 g/mol. The van der Waals surface area contributed by atoms with Gasteiger partial charge in [0.25, 0.3) is 0 Å². The molecule has 1 amide bonds. The number of ether oxygens (including phenoxy) is 1. The Morgan fingerprint density at radius 1 is 1.03 bits per heavy atom. The van der Waals surface area contributed by atoms with E-state index in [2.05, 4.69) is 42.3 Å². The molecule has 1 fully saturated rings. The van der Waals surface area contributed by atoms with Crippen LogP contribution in [0.1, 0.15) is 24.0 Å². The number of aryl methyl sites for hydroxylation is 2. The molecule has 0 radical (unpaired) electrons. The minimum absolute atomic E-state index is 0.0314. The average molecular weight is 413 g/mol. The molecule has 5 nitrogen and oxygen atoms in total. The number of amides is 1. The average Bonchev–Trinajstić information content (AvgIpc) is 2.72. The van der Waals surface area contributed by atoms with E-state index >= 15 is 0 Å². The van der Waals surface area contributed by atoms with Crippen LogP contribution in [0, 0.1) is 19.8 Å². The Labute approximate surface area is 176 Å². The molecule has 1 heterocycles. The summed E-state index contributed by atoms with van der Waals surface area (Å²) in [6, 6.07) is 14.4. The number of anilines is 1. The normalized spacial score (nSPS) is 15.1. The molecule has 2 aromatic carbocycles. The van der Waals surface area contributed by atoms with E-state index in [9.17, 15) is 9.59 Å². The summed E-state index contributed by atoms with van der Waals surface area (Å²) in [4.78, 5) is 28.4. The summed E-state index contributed by atoms with van der Waals surface area (Å²) in [7, 11) is 1.42. The number of likely N-dealkylation sites (tertiary alicyclic amines) is 1. The molecule has 154 valence electrons. The second-order valence-electron chi connectivity index (χ2n) is 7.49. The molecule has 1 aliphatic rings. The van der Waals surface area contributed by atoms with Crippen LogP contribution in [0.15, 0.2) is 52.3 Å². The highest BCUT2D eigenvalue weighted by atomic mass is 32.2. The largest absolute Gasteiger partial charge is 0.469 e. The fourth-order valence-corrected chi connectivity index (χ4v) is 4.33. The van der Waals surface area contributed by atoms with E-state index in [4.69, 9.17) is 4.74 Å². The van der Waals surface area contributed by atoms with Gasteiger partial charge in [-0.3, -0.25) is 14.5 Å². The smallest absolute Gasteiger partial charge is 0.308 e. The molecular weight excluding hydrogens is 384 g/mol. The van der Waals surface area contributed by atoms with Crippen molar-refractivity contribution in [3.05, 3.63) is 53.6 Å². The van der Waals surface area contributed by atoms with Gasteiger partial charge < -0.3 is 10.1 Å². The van der Waals surface area contributed by atoms with E-state index in [0.717, 1.165) is 36.5 Å². The summed E-state index contributed by atoms with van der Waals surface area (Å²) >= 11 is 1.71. The number of nitrogens with zero attached hydrogens (tertiary/aromatic N) is 1. The summed E-state index contributed by atoms with van der Waals surface area (Å²) in [5.74, 6) is -0.217. The Bertz CT molecular complexity index is 859. The second kappa shape index (κ2) is 9.94. The van der Waals surface area contributed by atoms with Crippen molar-refractivity contribution < 1.29 is 14.3 Å². The first-order chi connectivity index (χ1) is 13.9. The summed E-state index contributed by atoms with van der Waals surface area (Å²) < 4.78 is 4.80. The van der Waals surface area contributed by atoms with Crippen molar-refractivity contribution in [3.8, 4) is 0 Å². The fraction of sp³-hybridized carbons (Fsp3) is 0.391. The van der Waals surface area contributed by atoms with Crippen molar-refractivity contribution in [2.45, 2.75) is 36.5 Å². The zero-order chi connectivity index (χ0) is 20.8. The maximum absolute atomic E-state index is 12.3. The number of rotatable bonds is 6. The first-order valence-electron chi connectivity index (χ1n) is 9.90. The maximum Gasteiger partial charge on any atom is 0.308 e. The molecule has 2 aromatic rings. The lowest BCUT2D eigenvalue weighted by Crippen LogP contribution is -2.41. The molecule has 1 saturated heterocycles. The quantitative estimate of drug-likeness (QED) is 0.718. The van der Waals surface area contributed by atoms with Crippen molar-refractivity contribution in [1.29, 1.82) is 0 Å². The first kappa shape index (κ1) is 21.4. The van der Waals surface area contributed by atoms with Crippen LogP contribution in [0.25, 0.3) is 0 Å². The molecule has 1 aliphatic heterocycles. The SMILES string of the molecule is COC(=O)C1CCN(CC(=O)Nc2ccc(Sc3ccc(C)c(C)c3)cc2)CC1. The maximum atomic E-state index is 12.3. The van der Waals surface area contributed by atoms with Crippen LogP contribution in [0.4, 0.5) is 5.69 Å². The van der Waals surface area contributed by atoms with Crippen LogP contribution >= 0.6 is 11.8 Å². The molecule has 0 aromatic heterocycles. The summed E-state index contributed by atoms with van der Waals surface area (Å²) in [6.45, 7) is 6.04. The lowest BCUT2D eigenvalue weighted by atomic mass is 9.97. The zero-order valence-electron chi connectivity index (χ0n) is 17.2. The lowest BCUT2D eigenvalue weighted by Gasteiger charge is -2.29. The summed E-state index contributed by atoms with van der Waals surface area (Å²) in [5, 5.41) is 2.96. The molecule has 0 unspecified atom stereocenters. The molecule has 0 bridgehead atoms. The Kier molecular flexibility index (Phi) is 7.34. The Morgan fingerprint density at radius 3 is 2.31 bits per heavy atom. The number of benzene rings is 2. The molecule has 6 heteroatoms. The van der Waals surface area contributed by atoms with Crippen LogP contribution in [0.5, 0.6) is 0 Å². The highest BCUT2D eigenvalue weighted by Gasteiger charge is 2.26. The van der Waals surface area contributed by atoms with Gasteiger partial charge in [-0.15, -0.1) is 0 Å². The third-order valence-electron chi connectivity index (χ3n) is 5.34. The number of carbonyl (C=O) groups excluding carboxylic acids is 2. The molecule has 0 spiro atoms. The molecule has 0 saturated carbocycles. The third kappa shape index (κ3) is 6.08. The number of hydrogen-bond donors (Lipinski definition) is 1. The molecule has 0 atom stereocenters. The number of methoxy groups -OCH3 is 1. The van der Waals surface area contributed by atoms with Gasteiger partial charge in [-0.1, -0.05) is 17.8 Å². The molecule has 3 rings (SSSR count). The zero-order valence-corrected chi connectivity index (χ0v) is 18.1. The molecule has 29 heavy (non-hydrogen) atoms. The first-order valence-corrected chi connectivity index (χ1v) is 10.7. The van der Waals surface area contributed by atoms with Crippen molar-refractivity contribution >= 4 is 29.3 Å². The number of piperidine rings is 1. The Hall–Kier alpha value is -2.31. The van der Waals surface area contributed by atoms with E-state index in [0.29, 0.717) is 6.54 Å². The topological polar surface area (TPSA) is 58.6 Å². The minimum Gasteiger partial charge on any atom is -0.469 e. The van der Waals surface area contributed by atoms with Crippen LogP contribution in [0.2, 0.25) is 0 Å². The van der Waals surface area contributed by atoms with E-state index in [-0.39, 0.29) is 17.8 Å². The van der Waals surface area contributed by atoms with Crippen LogP contribution in [0.3, 0.4) is 0 Å². The third-order valence-corrected chi connectivity index (χ3v) is 6.34. The molecular formula is C23H28N2O3S. The van der Waals surface area contributed by atoms with Crippen molar-refractivity contribution in [3.63, 3.8) is 0 Å².